The van der Waals surface area contributed by atoms with E-state index in [1.165, 1.54) is 43.2 Å². The fourth-order valence-electron chi connectivity index (χ4n) is 3.74. The van der Waals surface area contributed by atoms with Crippen molar-refractivity contribution < 1.29 is 0 Å². The quantitative estimate of drug-likeness (QED) is 0.442. The Hall–Kier alpha value is -0.860. The van der Waals surface area contributed by atoms with Gasteiger partial charge in [-0.2, -0.15) is 0 Å². The summed E-state index contributed by atoms with van der Waals surface area (Å²) in [6.07, 6.45) is 4.42. The van der Waals surface area contributed by atoms with Gasteiger partial charge in [-0.15, -0.1) is 0 Å². The van der Waals surface area contributed by atoms with Gasteiger partial charge >= 0.3 is 0 Å². The average Bonchev–Trinajstić information content (AvgIpc) is 2.64. The first-order valence-electron chi connectivity index (χ1n) is 9.97. The highest BCUT2D eigenvalue weighted by atomic mass is 33.1. The second-order valence-corrected chi connectivity index (χ2v) is 9.30. The van der Waals surface area contributed by atoms with Crippen LogP contribution in [0.4, 0.5) is 0 Å². The molecule has 0 amide bonds. The van der Waals surface area contributed by atoms with Crippen molar-refractivity contribution >= 4 is 21.6 Å². The molecule has 2 rings (SSSR count). The minimum Gasteiger partial charge on any atom is -0.0613 e. The van der Waals surface area contributed by atoms with Crippen molar-refractivity contribution in [2.24, 2.45) is 0 Å². The lowest BCUT2D eigenvalue weighted by atomic mass is 9.97. The molecule has 0 N–H and O–H groups in total. The highest BCUT2D eigenvalue weighted by Crippen LogP contribution is 2.46. The van der Waals surface area contributed by atoms with Crippen molar-refractivity contribution in [3.8, 4) is 0 Å². The fourth-order valence-corrected chi connectivity index (χ4v) is 7.07. The summed E-state index contributed by atoms with van der Waals surface area (Å²) < 4.78 is 0. The van der Waals surface area contributed by atoms with Gasteiger partial charge in [0, 0.05) is 9.79 Å². The maximum atomic E-state index is 2.40. The molecule has 0 heterocycles. The fraction of sp³-hybridized carbons (Fsp3) is 0.500. The molecule has 0 spiro atoms. The first-order valence-corrected chi connectivity index (χ1v) is 12.1. The van der Waals surface area contributed by atoms with E-state index in [0.29, 0.717) is 0 Å². The van der Waals surface area contributed by atoms with Gasteiger partial charge in [0.25, 0.3) is 0 Å². The first kappa shape index (κ1) is 21.4. The Kier molecular flexibility index (Phi) is 7.73. The highest BCUT2D eigenvalue weighted by molar-refractivity contribution is 8.76. The lowest BCUT2D eigenvalue weighted by Gasteiger charge is -2.20. The molecule has 0 saturated heterocycles. The molecule has 0 aliphatic heterocycles. The molecule has 0 aliphatic rings. The maximum absolute atomic E-state index is 2.40. The van der Waals surface area contributed by atoms with Gasteiger partial charge < -0.3 is 0 Å². The zero-order chi connectivity index (χ0) is 19.4. The summed E-state index contributed by atoms with van der Waals surface area (Å²) in [4.78, 5) is 3.01. The van der Waals surface area contributed by atoms with Crippen LogP contribution in [0.1, 0.15) is 72.2 Å². The molecule has 0 atom stereocenters. The number of rotatable bonds is 7. The molecule has 0 radical (unpaired) electrons. The highest BCUT2D eigenvalue weighted by Gasteiger charge is 2.17. The van der Waals surface area contributed by atoms with Crippen LogP contribution in [0.25, 0.3) is 0 Å². The molecule has 0 bridgehead atoms. The molecular weight excluding hydrogens is 352 g/mol. The Balaban J connectivity index is 2.50. The predicted molar refractivity (Wildman–Crippen MR) is 121 cm³/mol. The van der Waals surface area contributed by atoms with Gasteiger partial charge in [-0.05, 0) is 97.9 Å². The monoisotopic (exact) mass is 386 g/mol. The number of aryl methyl sites for hydroxylation is 4. The van der Waals surface area contributed by atoms with Crippen LogP contribution in [-0.2, 0) is 25.7 Å². The second kappa shape index (κ2) is 9.37. The Labute approximate surface area is 169 Å². The largest absolute Gasteiger partial charge is 0.0613 e. The van der Waals surface area contributed by atoms with E-state index in [1.54, 1.807) is 11.1 Å². The summed E-state index contributed by atoms with van der Waals surface area (Å²) in [5.74, 6) is 0. The van der Waals surface area contributed by atoms with Crippen LogP contribution in [0, 0.1) is 27.7 Å². The normalized spacial score (nSPS) is 11.2. The van der Waals surface area contributed by atoms with Gasteiger partial charge in [-0.1, -0.05) is 61.4 Å². The Morgan fingerprint density at radius 3 is 1.19 bits per heavy atom. The van der Waals surface area contributed by atoms with Crippen LogP contribution < -0.4 is 0 Å². The van der Waals surface area contributed by atoms with Gasteiger partial charge in [0.1, 0.15) is 0 Å². The topological polar surface area (TPSA) is 0 Å². The van der Waals surface area contributed by atoms with E-state index >= 15 is 0 Å². The molecule has 26 heavy (non-hydrogen) atoms. The summed E-state index contributed by atoms with van der Waals surface area (Å²) in [7, 11) is 3.98. The molecule has 0 aromatic heterocycles. The SMILES string of the molecule is CCc1cc(C)c(C)c(CC)c1SSc1c(CC)cc(C)c(C)c1CC. The van der Waals surface area contributed by atoms with Crippen molar-refractivity contribution in [2.75, 3.05) is 0 Å². The second-order valence-electron chi connectivity index (χ2n) is 7.15. The number of benzene rings is 2. The standard InChI is InChI=1S/C24H34S2/c1-9-19-13-15(5)17(7)21(11-3)23(19)25-26-24-20(10-2)14-16(6)18(8)22(24)12-4/h13-14H,9-12H2,1-8H3. The van der Waals surface area contributed by atoms with Crippen molar-refractivity contribution in [3.63, 3.8) is 0 Å². The molecule has 2 heteroatoms. The molecule has 0 nitrogen and oxygen atoms in total. The zero-order valence-electron chi connectivity index (χ0n) is 17.8. The third-order valence-corrected chi connectivity index (χ3v) is 8.36. The van der Waals surface area contributed by atoms with Gasteiger partial charge in [0.2, 0.25) is 0 Å². The maximum Gasteiger partial charge on any atom is 0.0252 e. The molecule has 0 aliphatic carbocycles. The third kappa shape index (κ3) is 4.17. The minimum atomic E-state index is 1.10. The summed E-state index contributed by atoms with van der Waals surface area (Å²) in [5, 5.41) is 0. The molecule has 142 valence electrons. The van der Waals surface area contributed by atoms with E-state index in [-0.39, 0.29) is 0 Å². The average molecular weight is 387 g/mol. The minimum absolute atomic E-state index is 1.10. The first-order chi connectivity index (χ1) is 12.4. The molecule has 0 unspecified atom stereocenters. The summed E-state index contributed by atoms with van der Waals surface area (Å²) in [5.41, 5.74) is 11.9. The van der Waals surface area contributed by atoms with E-state index < -0.39 is 0 Å². The van der Waals surface area contributed by atoms with Crippen LogP contribution in [0.3, 0.4) is 0 Å². The Bertz CT molecular complexity index is 720. The lowest BCUT2D eigenvalue weighted by Crippen LogP contribution is -2.00. The summed E-state index contributed by atoms with van der Waals surface area (Å²) in [6.45, 7) is 18.2. The Morgan fingerprint density at radius 1 is 0.577 bits per heavy atom. The molecule has 2 aromatic carbocycles. The van der Waals surface area contributed by atoms with Gasteiger partial charge in [0.15, 0.2) is 0 Å². The van der Waals surface area contributed by atoms with Crippen molar-refractivity contribution in [1.29, 1.82) is 0 Å². The molecule has 2 aromatic rings. The summed E-state index contributed by atoms with van der Waals surface area (Å²) >= 11 is 0. The van der Waals surface area contributed by atoms with Crippen LogP contribution in [0.5, 0.6) is 0 Å². The van der Waals surface area contributed by atoms with E-state index in [2.05, 4.69) is 67.5 Å². The predicted octanol–water partition coefficient (Wildman–Crippen LogP) is 7.97. The van der Waals surface area contributed by atoms with Crippen LogP contribution >= 0.6 is 21.6 Å². The van der Waals surface area contributed by atoms with Gasteiger partial charge in [0.05, 0.1) is 0 Å². The van der Waals surface area contributed by atoms with E-state index in [1.807, 2.05) is 21.6 Å². The van der Waals surface area contributed by atoms with E-state index in [4.69, 9.17) is 0 Å². The van der Waals surface area contributed by atoms with Crippen LogP contribution in [-0.4, -0.2) is 0 Å². The van der Waals surface area contributed by atoms with Crippen molar-refractivity contribution in [1.82, 2.24) is 0 Å². The van der Waals surface area contributed by atoms with Crippen LogP contribution in [0.2, 0.25) is 0 Å². The van der Waals surface area contributed by atoms with E-state index in [9.17, 15) is 0 Å². The number of hydrogen-bond acceptors (Lipinski definition) is 2. The smallest absolute Gasteiger partial charge is 0.0252 e. The summed E-state index contributed by atoms with van der Waals surface area (Å²) in [6, 6.07) is 4.80. The molecular formula is C24H34S2. The third-order valence-electron chi connectivity index (χ3n) is 5.68. The van der Waals surface area contributed by atoms with Gasteiger partial charge in [-0.25, -0.2) is 0 Å². The van der Waals surface area contributed by atoms with Crippen molar-refractivity contribution in [2.45, 2.75) is 90.9 Å². The van der Waals surface area contributed by atoms with Gasteiger partial charge in [-0.3, -0.25) is 0 Å². The molecule has 0 saturated carbocycles. The zero-order valence-corrected chi connectivity index (χ0v) is 19.4. The van der Waals surface area contributed by atoms with E-state index in [0.717, 1.165) is 25.7 Å². The lowest BCUT2D eigenvalue weighted by molar-refractivity contribution is 0.977. The van der Waals surface area contributed by atoms with Crippen molar-refractivity contribution in [3.05, 3.63) is 56.6 Å². The molecule has 0 fully saturated rings. The number of hydrogen-bond donors (Lipinski definition) is 0. The Morgan fingerprint density at radius 2 is 0.923 bits per heavy atom. The van der Waals surface area contributed by atoms with Crippen LogP contribution in [0.15, 0.2) is 21.9 Å².